The summed E-state index contributed by atoms with van der Waals surface area (Å²) in [5, 5.41) is 8.75. The number of aliphatic hydroxyl groups is 1. The van der Waals surface area contributed by atoms with Crippen molar-refractivity contribution >= 4 is 15.9 Å². The van der Waals surface area contributed by atoms with Crippen LogP contribution in [0.3, 0.4) is 0 Å². The molecule has 16 heavy (non-hydrogen) atoms. The van der Waals surface area contributed by atoms with Gasteiger partial charge >= 0.3 is 6.08 Å². The van der Waals surface area contributed by atoms with Crippen molar-refractivity contribution in [1.29, 1.82) is 0 Å². The standard InChI is InChI=1S/C10H7BrFNO3/c11-8-2-1-7(3-9(8)12)16-10-13-6(4-14)5-15-10/h1-3,5,14H,4H2. The van der Waals surface area contributed by atoms with E-state index in [0.29, 0.717) is 10.2 Å². The van der Waals surface area contributed by atoms with Gasteiger partial charge in [0.15, 0.2) is 0 Å². The van der Waals surface area contributed by atoms with Gasteiger partial charge in [0.1, 0.15) is 23.5 Å². The summed E-state index contributed by atoms with van der Waals surface area (Å²) >= 11 is 3.03. The third-order valence-electron chi connectivity index (χ3n) is 1.79. The SMILES string of the molecule is OCc1coc(Oc2ccc(Br)c(F)c2)n1. The van der Waals surface area contributed by atoms with E-state index in [1.165, 1.54) is 18.4 Å². The van der Waals surface area contributed by atoms with Gasteiger partial charge in [0.2, 0.25) is 0 Å². The maximum absolute atomic E-state index is 13.1. The Morgan fingerprint density at radius 1 is 1.50 bits per heavy atom. The Bertz CT molecular complexity index is 501. The van der Waals surface area contributed by atoms with E-state index in [1.54, 1.807) is 6.07 Å². The summed E-state index contributed by atoms with van der Waals surface area (Å²) in [6, 6.07) is 4.28. The van der Waals surface area contributed by atoms with Crippen molar-refractivity contribution in [2.45, 2.75) is 6.61 Å². The van der Waals surface area contributed by atoms with Crippen molar-refractivity contribution in [1.82, 2.24) is 4.98 Å². The molecule has 6 heteroatoms. The van der Waals surface area contributed by atoms with Gasteiger partial charge in [-0.15, -0.1) is 0 Å². The van der Waals surface area contributed by atoms with Gasteiger partial charge in [-0.2, -0.15) is 4.98 Å². The Kier molecular flexibility index (Phi) is 3.21. The second-order valence-corrected chi connectivity index (χ2v) is 3.80. The Labute approximate surface area is 98.8 Å². The highest BCUT2D eigenvalue weighted by molar-refractivity contribution is 9.10. The van der Waals surface area contributed by atoms with Crippen LogP contribution < -0.4 is 4.74 Å². The second kappa shape index (κ2) is 4.63. The summed E-state index contributed by atoms with van der Waals surface area (Å²) in [6.07, 6.45) is 1.23. The lowest BCUT2D eigenvalue weighted by molar-refractivity contribution is 0.276. The van der Waals surface area contributed by atoms with Gasteiger partial charge in [-0.1, -0.05) is 0 Å². The minimum Gasteiger partial charge on any atom is -0.417 e. The maximum atomic E-state index is 13.1. The van der Waals surface area contributed by atoms with E-state index in [9.17, 15) is 4.39 Å². The molecule has 0 aliphatic heterocycles. The van der Waals surface area contributed by atoms with Gasteiger partial charge in [-0.25, -0.2) is 4.39 Å². The minimum absolute atomic E-state index is 0.0363. The molecule has 0 unspecified atom stereocenters. The number of aromatic nitrogens is 1. The molecule has 0 saturated carbocycles. The molecule has 0 aliphatic rings. The summed E-state index contributed by atoms with van der Waals surface area (Å²) in [5.74, 6) is -0.168. The number of ether oxygens (including phenoxy) is 1. The van der Waals surface area contributed by atoms with Crippen LogP contribution in [0.2, 0.25) is 0 Å². The van der Waals surface area contributed by atoms with E-state index >= 15 is 0 Å². The first kappa shape index (κ1) is 11.1. The zero-order valence-electron chi connectivity index (χ0n) is 7.98. The smallest absolute Gasteiger partial charge is 0.399 e. The quantitative estimate of drug-likeness (QED) is 0.943. The van der Waals surface area contributed by atoms with Gasteiger partial charge in [0.05, 0.1) is 11.1 Å². The molecule has 0 atom stereocenters. The summed E-state index contributed by atoms with van der Waals surface area (Å²) in [5.41, 5.74) is 0.354. The molecular weight excluding hydrogens is 281 g/mol. The molecule has 0 radical (unpaired) electrons. The first-order valence-corrected chi connectivity index (χ1v) is 5.16. The number of halogens is 2. The van der Waals surface area contributed by atoms with Gasteiger partial charge in [-0.3, -0.25) is 0 Å². The van der Waals surface area contributed by atoms with E-state index in [1.807, 2.05) is 0 Å². The lowest BCUT2D eigenvalue weighted by atomic mass is 10.3. The zero-order valence-corrected chi connectivity index (χ0v) is 9.57. The molecular formula is C10H7BrFNO3. The first-order chi connectivity index (χ1) is 7.69. The van der Waals surface area contributed by atoms with E-state index in [0.717, 1.165) is 0 Å². The molecule has 1 N–H and O–H groups in total. The van der Waals surface area contributed by atoms with E-state index in [4.69, 9.17) is 14.3 Å². The fourth-order valence-electron chi connectivity index (χ4n) is 1.05. The normalized spacial score (nSPS) is 10.4. The van der Waals surface area contributed by atoms with Crippen molar-refractivity contribution in [2.75, 3.05) is 0 Å². The summed E-state index contributed by atoms with van der Waals surface area (Å²) in [6.45, 7) is -0.235. The predicted octanol–water partition coefficient (Wildman–Crippen LogP) is 2.86. The number of rotatable bonds is 3. The third kappa shape index (κ3) is 2.40. The van der Waals surface area contributed by atoms with Gasteiger partial charge in [0, 0.05) is 6.07 Å². The fourth-order valence-corrected chi connectivity index (χ4v) is 1.30. The molecule has 1 aromatic heterocycles. The maximum Gasteiger partial charge on any atom is 0.399 e. The largest absolute Gasteiger partial charge is 0.417 e. The highest BCUT2D eigenvalue weighted by atomic mass is 79.9. The number of hydrogen-bond acceptors (Lipinski definition) is 4. The van der Waals surface area contributed by atoms with Crippen molar-refractivity contribution in [3.63, 3.8) is 0 Å². The lowest BCUT2D eigenvalue weighted by Gasteiger charge is -2.01. The summed E-state index contributed by atoms with van der Waals surface area (Å²) in [7, 11) is 0. The van der Waals surface area contributed by atoms with Crippen molar-refractivity contribution in [2.24, 2.45) is 0 Å². The predicted molar refractivity (Wildman–Crippen MR) is 56.6 cm³/mol. The average Bonchev–Trinajstić information content (AvgIpc) is 2.71. The second-order valence-electron chi connectivity index (χ2n) is 2.94. The zero-order chi connectivity index (χ0) is 11.5. The molecule has 2 aromatic rings. The van der Waals surface area contributed by atoms with E-state index in [-0.39, 0.29) is 18.4 Å². The van der Waals surface area contributed by atoms with Crippen LogP contribution in [0, 0.1) is 5.82 Å². The number of hydrogen-bond donors (Lipinski definition) is 1. The number of nitrogens with zero attached hydrogens (tertiary/aromatic N) is 1. The monoisotopic (exact) mass is 287 g/mol. The van der Waals surface area contributed by atoms with Gasteiger partial charge in [-0.05, 0) is 28.1 Å². The van der Waals surface area contributed by atoms with Crippen LogP contribution in [0.25, 0.3) is 0 Å². The topological polar surface area (TPSA) is 55.5 Å². The molecule has 1 aromatic carbocycles. The molecule has 0 aliphatic carbocycles. The van der Waals surface area contributed by atoms with Crippen LogP contribution in [0.4, 0.5) is 4.39 Å². The van der Waals surface area contributed by atoms with Crippen LogP contribution in [-0.2, 0) is 6.61 Å². The molecule has 1 heterocycles. The van der Waals surface area contributed by atoms with Crippen LogP contribution in [0.5, 0.6) is 11.8 Å². The Hall–Kier alpha value is -1.40. The molecule has 2 rings (SSSR count). The van der Waals surface area contributed by atoms with Crippen molar-refractivity contribution < 1.29 is 18.7 Å². The Balaban J connectivity index is 2.17. The molecule has 0 saturated heterocycles. The van der Waals surface area contributed by atoms with Crippen LogP contribution in [0.15, 0.2) is 33.4 Å². The number of oxazole rings is 1. The van der Waals surface area contributed by atoms with Gasteiger partial charge in [0.25, 0.3) is 0 Å². The van der Waals surface area contributed by atoms with Crippen LogP contribution in [0.1, 0.15) is 5.69 Å². The molecule has 4 nitrogen and oxygen atoms in total. The number of aliphatic hydroxyl groups excluding tert-OH is 1. The van der Waals surface area contributed by atoms with E-state index in [2.05, 4.69) is 20.9 Å². The summed E-state index contributed by atoms with van der Waals surface area (Å²) in [4.78, 5) is 3.80. The van der Waals surface area contributed by atoms with Gasteiger partial charge < -0.3 is 14.3 Å². The van der Waals surface area contributed by atoms with Crippen molar-refractivity contribution in [3.05, 3.63) is 40.4 Å². The average molecular weight is 288 g/mol. The third-order valence-corrected chi connectivity index (χ3v) is 2.43. The van der Waals surface area contributed by atoms with E-state index < -0.39 is 5.82 Å². The van der Waals surface area contributed by atoms with Crippen LogP contribution >= 0.6 is 15.9 Å². The molecule has 0 bridgehead atoms. The molecule has 84 valence electrons. The lowest BCUT2D eigenvalue weighted by Crippen LogP contribution is -1.87. The van der Waals surface area contributed by atoms with Crippen molar-refractivity contribution in [3.8, 4) is 11.8 Å². The Morgan fingerprint density at radius 3 is 2.94 bits per heavy atom. The minimum atomic E-state index is -0.438. The molecule has 0 fully saturated rings. The highest BCUT2D eigenvalue weighted by Crippen LogP contribution is 2.25. The Morgan fingerprint density at radius 2 is 2.31 bits per heavy atom. The highest BCUT2D eigenvalue weighted by Gasteiger charge is 2.07. The molecule has 0 amide bonds. The first-order valence-electron chi connectivity index (χ1n) is 4.37. The fraction of sp³-hybridized carbons (Fsp3) is 0.100. The number of benzene rings is 1. The van der Waals surface area contributed by atoms with Crippen LogP contribution in [-0.4, -0.2) is 10.1 Å². The molecule has 0 spiro atoms. The summed E-state index contributed by atoms with van der Waals surface area (Å²) < 4.78 is 23.5.